The molecule has 1 aliphatic rings. The highest BCUT2D eigenvalue weighted by Gasteiger charge is 2.32. The normalized spacial score (nSPS) is 15.8. The van der Waals surface area contributed by atoms with Crippen LogP contribution in [0, 0.1) is 11.6 Å². The van der Waals surface area contributed by atoms with E-state index in [-0.39, 0.29) is 40.6 Å². The van der Waals surface area contributed by atoms with Gasteiger partial charge in [-0.3, -0.25) is 4.90 Å². The van der Waals surface area contributed by atoms with E-state index in [1.165, 1.54) is 24.3 Å². The summed E-state index contributed by atoms with van der Waals surface area (Å²) >= 11 is 3.06. The van der Waals surface area contributed by atoms with Gasteiger partial charge in [0.2, 0.25) is 0 Å². The quantitative estimate of drug-likeness (QED) is 0.538. The summed E-state index contributed by atoms with van der Waals surface area (Å²) in [5.41, 5.74) is 0.344. The van der Waals surface area contributed by atoms with Gasteiger partial charge in [0.25, 0.3) is 0 Å². The molecule has 0 unspecified atom stereocenters. The lowest BCUT2D eigenvalue weighted by Gasteiger charge is -2.36. The molecule has 1 atom stereocenters. The molecule has 3 rings (SSSR count). The van der Waals surface area contributed by atoms with Crippen LogP contribution in [0.3, 0.4) is 0 Å². The smallest absolute Gasteiger partial charge is 0.406 e. The van der Waals surface area contributed by atoms with Gasteiger partial charge in [-0.05, 0) is 29.8 Å². The molecule has 2 aromatic rings. The van der Waals surface area contributed by atoms with Crippen molar-refractivity contribution in [2.75, 3.05) is 26.2 Å². The Kier molecular flexibility index (Phi) is 9.62. The lowest BCUT2D eigenvalue weighted by molar-refractivity contribution is -0.274. The van der Waals surface area contributed by atoms with Gasteiger partial charge in [-0.2, -0.15) is 0 Å². The highest BCUT2D eigenvalue weighted by molar-refractivity contribution is 9.10. The Balaban J connectivity index is 0.00000210. The minimum absolute atomic E-state index is 0. The third kappa shape index (κ3) is 6.68. The van der Waals surface area contributed by atoms with Crippen LogP contribution in [0.25, 0.3) is 0 Å². The van der Waals surface area contributed by atoms with Crippen LogP contribution in [0.4, 0.5) is 22.0 Å². The molecule has 1 saturated heterocycles. The molecule has 0 saturated carbocycles. The number of halogens is 8. The molecule has 0 radical (unpaired) electrons. The molecule has 0 spiro atoms. The highest BCUT2D eigenvalue weighted by Crippen LogP contribution is 2.35. The van der Waals surface area contributed by atoms with E-state index in [1.807, 2.05) is 4.90 Å². The Morgan fingerprint density at radius 3 is 1.97 bits per heavy atom. The monoisotopic (exact) mass is 522 g/mol. The van der Waals surface area contributed by atoms with Crippen molar-refractivity contribution < 1.29 is 26.7 Å². The van der Waals surface area contributed by atoms with Crippen molar-refractivity contribution in [2.45, 2.75) is 12.4 Å². The van der Waals surface area contributed by atoms with Crippen molar-refractivity contribution in [3.05, 3.63) is 63.6 Å². The fourth-order valence-electron chi connectivity index (χ4n) is 3.17. The van der Waals surface area contributed by atoms with Gasteiger partial charge < -0.3 is 10.1 Å². The van der Waals surface area contributed by atoms with Gasteiger partial charge in [0, 0.05) is 36.2 Å². The SMILES string of the molecule is Cl.Cl.Fc1cc(Br)cc(F)c1[C@H](c1ccc(OC(F)(F)F)cc1)N1CCNCC1. The number of rotatable bonds is 4. The van der Waals surface area contributed by atoms with Crippen LogP contribution >= 0.6 is 40.7 Å². The Morgan fingerprint density at radius 1 is 0.966 bits per heavy atom. The minimum atomic E-state index is -4.80. The van der Waals surface area contributed by atoms with Gasteiger partial charge in [-0.1, -0.05) is 28.1 Å². The second-order valence-corrected chi connectivity index (χ2v) is 7.00. The fraction of sp³-hybridized carbons (Fsp3) is 0.333. The number of ether oxygens (including phenoxy) is 1. The molecule has 11 heteroatoms. The average molecular weight is 524 g/mol. The van der Waals surface area contributed by atoms with Crippen molar-refractivity contribution in [1.29, 1.82) is 0 Å². The largest absolute Gasteiger partial charge is 0.573 e. The van der Waals surface area contributed by atoms with Crippen LogP contribution in [0.5, 0.6) is 5.75 Å². The lowest BCUT2D eigenvalue weighted by atomic mass is 9.95. The summed E-state index contributed by atoms with van der Waals surface area (Å²) in [4.78, 5) is 1.89. The molecule has 0 aromatic heterocycles. The third-order valence-corrected chi connectivity index (χ3v) is 4.72. The number of hydrogen-bond donors (Lipinski definition) is 1. The van der Waals surface area contributed by atoms with Crippen molar-refractivity contribution in [3.8, 4) is 5.75 Å². The molecule has 3 nitrogen and oxygen atoms in total. The van der Waals surface area contributed by atoms with E-state index in [0.29, 0.717) is 31.7 Å². The van der Waals surface area contributed by atoms with Crippen LogP contribution in [0.2, 0.25) is 0 Å². The Morgan fingerprint density at radius 2 is 1.48 bits per heavy atom. The van der Waals surface area contributed by atoms with E-state index >= 15 is 0 Å². The first-order chi connectivity index (χ1) is 12.7. The van der Waals surface area contributed by atoms with Gasteiger partial charge in [-0.15, -0.1) is 38.0 Å². The number of nitrogens with one attached hydrogen (secondary N) is 1. The van der Waals surface area contributed by atoms with E-state index in [2.05, 4.69) is 26.0 Å². The number of hydrogen-bond acceptors (Lipinski definition) is 3. The second-order valence-electron chi connectivity index (χ2n) is 6.09. The zero-order chi connectivity index (χ0) is 19.6. The van der Waals surface area contributed by atoms with E-state index in [1.54, 1.807) is 0 Å². The predicted octanol–water partition coefficient (Wildman–Crippen LogP) is 5.46. The van der Waals surface area contributed by atoms with Gasteiger partial charge in [0.15, 0.2) is 0 Å². The summed E-state index contributed by atoms with van der Waals surface area (Å²) in [5.74, 6) is -1.83. The molecule has 1 aliphatic heterocycles. The average Bonchev–Trinajstić information content (AvgIpc) is 2.58. The fourth-order valence-corrected chi connectivity index (χ4v) is 3.57. The minimum Gasteiger partial charge on any atom is -0.406 e. The highest BCUT2D eigenvalue weighted by atomic mass is 79.9. The number of benzene rings is 2. The van der Waals surface area contributed by atoms with Gasteiger partial charge >= 0.3 is 6.36 Å². The van der Waals surface area contributed by atoms with E-state index in [9.17, 15) is 22.0 Å². The van der Waals surface area contributed by atoms with Gasteiger partial charge in [0.05, 0.1) is 6.04 Å². The van der Waals surface area contributed by atoms with Gasteiger partial charge in [0.1, 0.15) is 17.4 Å². The zero-order valence-electron chi connectivity index (χ0n) is 14.8. The second kappa shape index (κ2) is 10.8. The number of alkyl halides is 3. The van der Waals surface area contributed by atoms with Crippen molar-refractivity contribution >= 4 is 40.7 Å². The summed E-state index contributed by atoms with van der Waals surface area (Å²) < 4.78 is 70.5. The maximum Gasteiger partial charge on any atom is 0.573 e. The van der Waals surface area contributed by atoms with Crippen molar-refractivity contribution in [3.63, 3.8) is 0 Å². The van der Waals surface area contributed by atoms with E-state index in [0.717, 1.165) is 12.1 Å². The lowest BCUT2D eigenvalue weighted by Crippen LogP contribution is -2.45. The van der Waals surface area contributed by atoms with Crippen LogP contribution in [-0.2, 0) is 0 Å². The molecular formula is C18H18BrCl2F5N2O. The van der Waals surface area contributed by atoms with Crippen molar-refractivity contribution in [1.82, 2.24) is 10.2 Å². The molecule has 2 aromatic carbocycles. The molecule has 0 amide bonds. The topological polar surface area (TPSA) is 24.5 Å². The molecule has 1 N–H and O–H groups in total. The maximum absolute atomic E-state index is 14.6. The molecule has 1 heterocycles. The molecule has 29 heavy (non-hydrogen) atoms. The summed E-state index contributed by atoms with van der Waals surface area (Å²) in [5, 5.41) is 3.16. The van der Waals surface area contributed by atoms with E-state index < -0.39 is 24.0 Å². The summed E-state index contributed by atoms with van der Waals surface area (Å²) in [7, 11) is 0. The number of piperazine rings is 1. The van der Waals surface area contributed by atoms with Crippen LogP contribution < -0.4 is 10.1 Å². The number of nitrogens with zero attached hydrogens (tertiary/aromatic N) is 1. The van der Waals surface area contributed by atoms with Crippen LogP contribution in [0.15, 0.2) is 40.9 Å². The van der Waals surface area contributed by atoms with E-state index in [4.69, 9.17) is 0 Å². The maximum atomic E-state index is 14.6. The predicted molar refractivity (Wildman–Crippen MR) is 108 cm³/mol. The summed E-state index contributed by atoms with van der Waals surface area (Å²) in [6.07, 6.45) is -4.80. The zero-order valence-corrected chi connectivity index (χ0v) is 18.0. The van der Waals surface area contributed by atoms with Crippen molar-refractivity contribution in [2.24, 2.45) is 0 Å². The Bertz CT molecular complexity index is 779. The molecular weight excluding hydrogens is 506 g/mol. The molecule has 1 fully saturated rings. The molecule has 0 bridgehead atoms. The first-order valence-electron chi connectivity index (χ1n) is 8.19. The third-order valence-electron chi connectivity index (χ3n) is 4.26. The Labute approximate surface area is 185 Å². The molecule has 162 valence electrons. The van der Waals surface area contributed by atoms with Gasteiger partial charge in [-0.25, -0.2) is 8.78 Å². The van der Waals surface area contributed by atoms with Crippen LogP contribution in [0.1, 0.15) is 17.2 Å². The molecule has 0 aliphatic carbocycles. The standard InChI is InChI=1S/C18H16BrF5N2O.2ClH/c19-12-9-14(20)16(15(21)10-12)17(26-7-5-25-6-8-26)11-1-3-13(4-2-11)27-18(22,23)24;;/h1-4,9-10,17,25H,5-8H2;2*1H/t17-;;/m0../s1. The Hall–Kier alpha value is -1.13. The van der Waals surface area contributed by atoms with Crippen LogP contribution in [-0.4, -0.2) is 37.4 Å². The first kappa shape index (κ1) is 25.9. The first-order valence-corrected chi connectivity index (χ1v) is 8.99. The summed E-state index contributed by atoms with van der Waals surface area (Å²) in [6.45, 7) is 2.37. The summed E-state index contributed by atoms with van der Waals surface area (Å²) in [6, 6.07) is 6.67.